The van der Waals surface area contributed by atoms with E-state index in [4.69, 9.17) is 9.47 Å². The predicted octanol–water partition coefficient (Wildman–Crippen LogP) is 2.98. The number of hydrogen-bond acceptors (Lipinski definition) is 4. The largest absolute Gasteiger partial charge is 0.496 e. The van der Waals surface area contributed by atoms with Crippen molar-refractivity contribution in [2.24, 2.45) is 0 Å². The molecule has 16 heavy (non-hydrogen) atoms. The Morgan fingerprint density at radius 2 is 2.00 bits per heavy atom. The molecule has 0 fully saturated rings. The molecule has 2 rings (SSSR count). The molecule has 0 aliphatic heterocycles. The summed E-state index contributed by atoms with van der Waals surface area (Å²) in [6.45, 7) is 0. The Morgan fingerprint density at radius 3 is 2.62 bits per heavy atom. The first-order valence-electron chi connectivity index (χ1n) is 4.69. The van der Waals surface area contributed by atoms with Crippen molar-refractivity contribution in [1.82, 2.24) is 0 Å². The third-order valence-electron chi connectivity index (χ3n) is 1.99. The molecule has 82 valence electrons. The van der Waals surface area contributed by atoms with Crippen LogP contribution in [0.15, 0.2) is 41.8 Å². The Hall–Kier alpha value is -1.81. The van der Waals surface area contributed by atoms with E-state index in [1.54, 1.807) is 42.8 Å². The number of carbonyl (C=O) groups excluding carboxylic acids is 1. The molecule has 0 radical (unpaired) electrons. The monoisotopic (exact) mass is 234 g/mol. The fourth-order valence-electron chi connectivity index (χ4n) is 1.19. The second-order valence-corrected chi connectivity index (χ2v) is 3.93. The average Bonchev–Trinajstić information content (AvgIpc) is 2.78. The zero-order chi connectivity index (χ0) is 11.4. The van der Waals surface area contributed by atoms with Gasteiger partial charge < -0.3 is 9.47 Å². The Morgan fingerprint density at radius 1 is 1.25 bits per heavy atom. The smallest absolute Gasteiger partial charge is 0.344 e. The highest BCUT2D eigenvalue weighted by Gasteiger charge is 2.09. The predicted molar refractivity (Wildman–Crippen MR) is 62.3 cm³/mol. The molecule has 0 N–H and O–H groups in total. The van der Waals surface area contributed by atoms with E-state index < -0.39 is 0 Å². The van der Waals surface area contributed by atoms with Gasteiger partial charge >= 0.3 is 5.97 Å². The first kappa shape index (κ1) is 10.7. The molecule has 1 heterocycles. The topological polar surface area (TPSA) is 35.5 Å². The van der Waals surface area contributed by atoms with Crippen molar-refractivity contribution in [3.63, 3.8) is 0 Å². The van der Waals surface area contributed by atoms with Crippen LogP contribution in [0.4, 0.5) is 0 Å². The van der Waals surface area contributed by atoms with Crippen molar-refractivity contribution < 1.29 is 14.3 Å². The molecule has 0 unspecified atom stereocenters. The Labute approximate surface area is 97.2 Å². The quantitative estimate of drug-likeness (QED) is 0.766. The van der Waals surface area contributed by atoms with Gasteiger partial charge in [-0.15, -0.1) is 11.3 Å². The van der Waals surface area contributed by atoms with Crippen molar-refractivity contribution in [2.45, 2.75) is 0 Å². The molecule has 0 atom stereocenters. The molecule has 0 saturated carbocycles. The van der Waals surface area contributed by atoms with Crippen LogP contribution in [-0.2, 0) is 0 Å². The highest BCUT2D eigenvalue weighted by atomic mass is 32.1. The van der Waals surface area contributed by atoms with Gasteiger partial charge in [-0.1, -0.05) is 18.2 Å². The number of thiophene rings is 1. The molecule has 0 amide bonds. The van der Waals surface area contributed by atoms with Crippen LogP contribution in [0.5, 0.6) is 10.8 Å². The van der Waals surface area contributed by atoms with Crippen LogP contribution in [-0.4, -0.2) is 13.1 Å². The lowest BCUT2D eigenvalue weighted by Gasteiger charge is -2.00. The first-order chi connectivity index (χ1) is 7.79. The molecular weight excluding hydrogens is 224 g/mol. The molecule has 1 aromatic carbocycles. The number of rotatable bonds is 3. The number of esters is 1. The van der Waals surface area contributed by atoms with Gasteiger partial charge in [-0.05, 0) is 12.1 Å². The Bertz CT molecular complexity index is 476. The van der Waals surface area contributed by atoms with Gasteiger partial charge in [0.1, 0.15) is 5.75 Å². The zero-order valence-corrected chi connectivity index (χ0v) is 9.49. The molecule has 4 heteroatoms. The molecule has 1 aromatic heterocycles. The molecule has 3 nitrogen and oxygen atoms in total. The Balaban J connectivity index is 2.08. The summed E-state index contributed by atoms with van der Waals surface area (Å²) in [4.78, 5) is 11.7. The number of ether oxygens (including phenoxy) is 2. The van der Waals surface area contributed by atoms with E-state index in [-0.39, 0.29) is 5.97 Å². The van der Waals surface area contributed by atoms with Crippen LogP contribution >= 0.6 is 11.3 Å². The maximum Gasteiger partial charge on any atom is 0.344 e. The summed E-state index contributed by atoms with van der Waals surface area (Å²) in [5.74, 6) is 0.339. The van der Waals surface area contributed by atoms with E-state index in [1.807, 2.05) is 6.07 Å². The molecule has 0 saturated heterocycles. The van der Waals surface area contributed by atoms with Crippen molar-refractivity contribution in [2.75, 3.05) is 7.11 Å². The van der Waals surface area contributed by atoms with E-state index in [9.17, 15) is 4.79 Å². The van der Waals surface area contributed by atoms with Gasteiger partial charge in [0.25, 0.3) is 0 Å². The SMILES string of the molecule is COc1csc(OC(=O)c2ccccc2)c1. The van der Waals surface area contributed by atoms with E-state index in [1.165, 1.54) is 11.3 Å². The van der Waals surface area contributed by atoms with E-state index in [0.717, 1.165) is 0 Å². The highest BCUT2D eigenvalue weighted by molar-refractivity contribution is 7.12. The van der Waals surface area contributed by atoms with Gasteiger partial charge in [-0.2, -0.15) is 0 Å². The van der Waals surface area contributed by atoms with E-state index >= 15 is 0 Å². The van der Waals surface area contributed by atoms with Gasteiger partial charge in [0.05, 0.1) is 12.7 Å². The van der Waals surface area contributed by atoms with Gasteiger partial charge in [-0.3, -0.25) is 0 Å². The highest BCUT2D eigenvalue weighted by Crippen LogP contribution is 2.28. The minimum absolute atomic E-state index is 0.356. The van der Waals surface area contributed by atoms with Crippen LogP contribution in [0.2, 0.25) is 0 Å². The molecule has 0 bridgehead atoms. The van der Waals surface area contributed by atoms with Crippen LogP contribution in [0.3, 0.4) is 0 Å². The minimum atomic E-state index is -0.356. The van der Waals surface area contributed by atoms with E-state index in [2.05, 4.69) is 0 Å². The van der Waals surface area contributed by atoms with Crippen LogP contribution in [0, 0.1) is 0 Å². The lowest BCUT2D eigenvalue weighted by Crippen LogP contribution is -2.06. The van der Waals surface area contributed by atoms with Gasteiger partial charge in [0, 0.05) is 11.4 Å². The summed E-state index contributed by atoms with van der Waals surface area (Å²) in [5.41, 5.74) is 0.537. The third kappa shape index (κ3) is 2.41. The maximum absolute atomic E-state index is 11.7. The maximum atomic E-state index is 11.7. The van der Waals surface area contributed by atoms with Gasteiger partial charge in [0.2, 0.25) is 0 Å². The van der Waals surface area contributed by atoms with E-state index in [0.29, 0.717) is 16.4 Å². The van der Waals surface area contributed by atoms with Crippen molar-refractivity contribution in [1.29, 1.82) is 0 Å². The van der Waals surface area contributed by atoms with Gasteiger partial charge in [-0.25, -0.2) is 4.79 Å². The summed E-state index contributed by atoms with van der Waals surface area (Å²) in [6.07, 6.45) is 0. The summed E-state index contributed by atoms with van der Waals surface area (Å²) in [6, 6.07) is 10.6. The zero-order valence-electron chi connectivity index (χ0n) is 8.67. The number of benzene rings is 1. The fourth-order valence-corrected chi connectivity index (χ4v) is 1.89. The fraction of sp³-hybridized carbons (Fsp3) is 0.0833. The summed E-state index contributed by atoms with van der Waals surface area (Å²) in [5, 5.41) is 2.32. The normalized spacial score (nSPS) is 9.81. The average molecular weight is 234 g/mol. The lowest BCUT2D eigenvalue weighted by atomic mass is 10.2. The van der Waals surface area contributed by atoms with Crippen LogP contribution in [0.25, 0.3) is 0 Å². The van der Waals surface area contributed by atoms with Crippen molar-refractivity contribution in [3.8, 4) is 10.8 Å². The van der Waals surface area contributed by atoms with Crippen molar-refractivity contribution >= 4 is 17.3 Å². The molecule has 0 aliphatic rings. The van der Waals surface area contributed by atoms with Crippen molar-refractivity contribution in [3.05, 3.63) is 47.3 Å². The van der Waals surface area contributed by atoms with Gasteiger partial charge in [0.15, 0.2) is 5.06 Å². The number of hydrogen-bond donors (Lipinski definition) is 0. The summed E-state index contributed by atoms with van der Waals surface area (Å²) < 4.78 is 10.2. The summed E-state index contributed by atoms with van der Waals surface area (Å²) >= 11 is 1.33. The lowest BCUT2D eigenvalue weighted by molar-refractivity contribution is 0.0740. The molecular formula is C12H10O3S. The van der Waals surface area contributed by atoms with Crippen LogP contribution in [0.1, 0.15) is 10.4 Å². The second-order valence-electron chi connectivity index (χ2n) is 3.06. The standard InChI is InChI=1S/C12H10O3S/c1-14-10-7-11(16-8-10)15-12(13)9-5-3-2-4-6-9/h2-8H,1H3. The molecule has 2 aromatic rings. The Kier molecular flexibility index (Phi) is 3.22. The number of methoxy groups -OCH3 is 1. The second kappa shape index (κ2) is 4.81. The van der Waals surface area contributed by atoms with Crippen LogP contribution < -0.4 is 9.47 Å². The third-order valence-corrected chi connectivity index (χ3v) is 2.77. The number of carbonyl (C=O) groups is 1. The summed E-state index contributed by atoms with van der Waals surface area (Å²) in [7, 11) is 1.57. The first-order valence-corrected chi connectivity index (χ1v) is 5.57. The molecule has 0 aliphatic carbocycles. The molecule has 0 spiro atoms. The minimum Gasteiger partial charge on any atom is -0.496 e.